The number of nitrogens with zero attached hydrogens (tertiary/aromatic N) is 3. The van der Waals surface area contributed by atoms with Crippen LogP contribution in [-0.2, 0) is 15.1 Å². The molecule has 0 amide bonds. The zero-order valence-corrected chi connectivity index (χ0v) is 18.5. The summed E-state index contributed by atoms with van der Waals surface area (Å²) >= 11 is 0. The van der Waals surface area contributed by atoms with Gasteiger partial charge in [0.2, 0.25) is 5.78 Å². The van der Waals surface area contributed by atoms with E-state index in [-0.39, 0.29) is 5.78 Å². The molecule has 31 heavy (non-hydrogen) atoms. The smallest absolute Gasteiger partial charge is 0.224 e. The number of aldehydes is 1. The van der Waals surface area contributed by atoms with Gasteiger partial charge in [0.1, 0.15) is 5.54 Å². The van der Waals surface area contributed by atoms with E-state index in [2.05, 4.69) is 21.7 Å². The molecule has 5 nitrogen and oxygen atoms in total. The van der Waals surface area contributed by atoms with Crippen LogP contribution in [-0.4, -0.2) is 79.6 Å². The van der Waals surface area contributed by atoms with E-state index in [0.29, 0.717) is 12.2 Å². The van der Waals surface area contributed by atoms with Crippen molar-refractivity contribution in [2.24, 2.45) is 5.92 Å². The first-order valence-electron chi connectivity index (χ1n) is 11.4. The molecular weight excluding hydrogens is 386 g/mol. The average molecular weight is 420 g/mol. The summed E-state index contributed by atoms with van der Waals surface area (Å²) in [6, 6.07) is 19.6. The zero-order chi connectivity index (χ0) is 21.7. The molecule has 0 aromatic heterocycles. The van der Waals surface area contributed by atoms with Crippen LogP contribution < -0.4 is 0 Å². The number of carbonyl (C=O) groups is 2. The van der Waals surface area contributed by atoms with Crippen molar-refractivity contribution in [2.45, 2.75) is 18.4 Å². The van der Waals surface area contributed by atoms with E-state index >= 15 is 0 Å². The van der Waals surface area contributed by atoms with Crippen molar-refractivity contribution < 1.29 is 9.59 Å². The van der Waals surface area contributed by atoms with E-state index in [0.717, 1.165) is 69.8 Å². The number of hydrogen-bond acceptors (Lipinski definition) is 5. The van der Waals surface area contributed by atoms with Gasteiger partial charge in [-0.15, -0.1) is 0 Å². The molecule has 0 spiro atoms. The quantitative estimate of drug-likeness (QED) is 0.510. The molecule has 5 heteroatoms. The highest BCUT2D eigenvalue weighted by Gasteiger charge is 2.47. The van der Waals surface area contributed by atoms with Gasteiger partial charge < -0.3 is 9.80 Å². The Kier molecular flexibility index (Phi) is 6.96. The number of Topliss-reactive ketones (excluding diaryl/α,β-unsaturated/α-hetero) is 1. The van der Waals surface area contributed by atoms with E-state index in [4.69, 9.17) is 0 Å². The van der Waals surface area contributed by atoms with Crippen LogP contribution in [0.2, 0.25) is 0 Å². The number of piperazine rings is 1. The fourth-order valence-electron chi connectivity index (χ4n) is 5.26. The Hall–Kier alpha value is -2.34. The van der Waals surface area contributed by atoms with Crippen LogP contribution in [0.1, 0.15) is 24.0 Å². The van der Waals surface area contributed by atoms with Crippen molar-refractivity contribution in [1.82, 2.24) is 14.7 Å². The Labute approximate surface area is 185 Å². The van der Waals surface area contributed by atoms with E-state index < -0.39 is 5.54 Å². The van der Waals surface area contributed by atoms with E-state index in [1.807, 2.05) is 60.7 Å². The third kappa shape index (κ3) is 4.49. The van der Waals surface area contributed by atoms with E-state index in [1.165, 1.54) is 0 Å². The third-order valence-electron chi connectivity index (χ3n) is 7.05. The summed E-state index contributed by atoms with van der Waals surface area (Å²) in [7, 11) is 2.19. The molecule has 2 saturated heterocycles. The second-order valence-electron chi connectivity index (χ2n) is 8.96. The second-order valence-corrected chi connectivity index (χ2v) is 8.96. The molecule has 0 atom stereocenters. The van der Waals surface area contributed by atoms with Gasteiger partial charge in [0, 0.05) is 45.8 Å². The Balaban J connectivity index is 1.58. The minimum absolute atomic E-state index is 0.387. The average Bonchev–Trinajstić information content (AvgIpc) is 2.83. The van der Waals surface area contributed by atoms with Gasteiger partial charge in [-0.25, -0.2) is 0 Å². The molecule has 2 aliphatic rings. The molecule has 2 aromatic rings. The number of likely N-dealkylation sites (N-methyl/N-ethyl adjacent to an activating group) is 1. The molecule has 0 aliphatic carbocycles. The van der Waals surface area contributed by atoms with Gasteiger partial charge in [-0.3, -0.25) is 14.5 Å². The maximum absolute atomic E-state index is 13.3. The maximum Gasteiger partial charge on any atom is 0.224 e. The lowest BCUT2D eigenvalue weighted by atomic mass is 9.76. The van der Waals surface area contributed by atoms with Gasteiger partial charge >= 0.3 is 0 Å². The largest absolute Gasteiger partial charge is 0.304 e. The Morgan fingerprint density at radius 1 is 0.871 bits per heavy atom. The minimum atomic E-state index is -1.05. The summed E-state index contributed by atoms with van der Waals surface area (Å²) in [4.78, 5) is 32.5. The SMILES string of the molecule is CN1CCN(CC2CCN(C(C(=O)C=O)(c3ccccc3)c3ccccc3)CC2)CC1. The first kappa shape index (κ1) is 21.9. The molecular formula is C26H33N3O2. The van der Waals surface area contributed by atoms with Gasteiger partial charge in [-0.05, 0) is 36.9 Å². The fourth-order valence-corrected chi connectivity index (χ4v) is 5.26. The normalized spacial score (nSPS) is 19.9. The lowest BCUT2D eigenvalue weighted by Gasteiger charge is -2.46. The summed E-state index contributed by atoms with van der Waals surface area (Å²) in [6.45, 7) is 7.29. The van der Waals surface area contributed by atoms with E-state index in [9.17, 15) is 9.59 Å². The standard InChI is InChI=1S/C26H33N3O2/c1-27-16-18-28(19-17-27)20-22-12-14-29(15-13-22)26(25(31)21-30,23-8-4-2-5-9-23)24-10-6-3-7-11-24/h2-11,21-22H,12-20H2,1H3. The number of hydrogen-bond donors (Lipinski definition) is 0. The van der Waals surface area contributed by atoms with E-state index in [1.54, 1.807) is 0 Å². The molecule has 0 N–H and O–H groups in total. The zero-order valence-electron chi connectivity index (χ0n) is 18.5. The van der Waals surface area contributed by atoms with Gasteiger partial charge in [0.15, 0.2) is 6.29 Å². The van der Waals surface area contributed by atoms with Gasteiger partial charge in [0.05, 0.1) is 0 Å². The number of ketones is 1. The van der Waals surface area contributed by atoms with Crippen LogP contribution >= 0.6 is 0 Å². The first-order chi connectivity index (χ1) is 15.1. The summed E-state index contributed by atoms with van der Waals surface area (Å²) in [5.74, 6) is 0.248. The molecule has 2 aromatic carbocycles. The van der Waals surface area contributed by atoms with Gasteiger partial charge in [-0.1, -0.05) is 60.7 Å². The molecule has 0 unspecified atom stereocenters. The number of rotatable bonds is 7. The Bertz CT molecular complexity index is 815. The molecule has 2 aliphatic heterocycles. The van der Waals surface area contributed by atoms with Crippen LogP contribution in [0.3, 0.4) is 0 Å². The molecule has 0 saturated carbocycles. The predicted molar refractivity (Wildman–Crippen MR) is 123 cm³/mol. The minimum Gasteiger partial charge on any atom is -0.304 e. The summed E-state index contributed by atoms with van der Waals surface area (Å²) in [5, 5.41) is 0. The molecule has 0 radical (unpaired) electrons. The third-order valence-corrected chi connectivity index (χ3v) is 7.05. The van der Waals surface area contributed by atoms with Crippen LogP contribution in [0, 0.1) is 5.92 Å². The van der Waals surface area contributed by atoms with Crippen molar-refractivity contribution in [3.05, 3.63) is 71.8 Å². The van der Waals surface area contributed by atoms with Crippen molar-refractivity contribution >= 4 is 12.1 Å². The molecule has 4 rings (SSSR count). The second kappa shape index (κ2) is 9.86. The maximum atomic E-state index is 13.3. The number of likely N-dealkylation sites (tertiary alicyclic amines) is 1. The Morgan fingerprint density at radius 2 is 1.39 bits per heavy atom. The first-order valence-corrected chi connectivity index (χ1v) is 11.4. The molecule has 2 fully saturated rings. The van der Waals surface area contributed by atoms with Crippen LogP contribution in [0.25, 0.3) is 0 Å². The predicted octanol–water partition coefficient (Wildman–Crippen LogP) is 2.66. The molecule has 2 heterocycles. The highest BCUT2D eigenvalue weighted by molar-refractivity contribution is 6.30. The van der Waals surface area contributed by atoms with Crippen molar-refractivity contribution in [3.8, 4) is 0 Å². The number of benzene rings is 2. The van der Waals surface area contributed by atoms with Crippen molar-refractivity contribution in [1.29, 1.82) is 0 Å². The van der Waals surface area contributed by atoms with Gasteiger partial charge in [0.25, 0.3) is 0 Å². The van der Waals surface area contributed by atoms with Crippen LogP contribution in [0.4, 0.5) is 0 Å². The Morgan fingerprint density at radius 3 is 1.87 bits per heavy atom. The number of carbonyl (C=O) groups excluding carboxylic acids is 2. The molecule has 164 valence electrons. The fraction of sp³-hybridized carbons (Fsp3) is 0.462. The summed E-state index contributed by atoms with van der Waals surface area (Å²) in [6.07, 6.45) is 2.59. The lowest BCUT2D eigenvalue weighted by molar-refractivity contribution is -0.138. The summed E-state index contributed by atoms with van der Waals surface area (Å²) < 4.78 is 0. The number of piperidine rings is 1. The van der Waals surface area contributed by atoms with Gasteiger partial charge in [-0.2, -0.15) is 0 Å². The van der Waals surface area contributed by atoms with Crippen molar-refractivity contribution in [3.63, 3.8) is 0 Å². The topological polar surface area (TPSA) is 43.9 Å². The van der Waals surface area contributed by atoms with Crippen LogP contribution in [0.5, 0.6) is 0 Å². The monoisotopic (exact) mass is 419 g/mol. The highest BCUT2D eigenvalue weighted by Crippen LogP contribution is 2.39. The summed E-state index contributed by atoms with van der Waals surface area (Å²) in [5.41, 5.74) is 0.690. The highest BCUT2D eigenvalue weighted by atomic mass is 16.2. The lowest BCUT2D eigenvalue weighted by Crippen LogP contribution is -2.56. The van der Waals surface area contributed by atoms with Crippen molar-refractivity contribution in [2.75, 3.05) is 52.9 Å². The molecule has 0 bridgehead atoms. The van der Waals surface area contributed by atoms with Crippen LogP contribution in [0.15, 0.2) is 60.7 Å².